The molecule has 0 aliphatic carbocycles. The minimum absolute atomic E-state index is 0.762. The fourth-order valence-corrected chi connectivity index (χ4v) is 3.12. The van der Waals surface area contributed by atoms with E-state index in [-0.39, 0.29) is 0 Å². The van der Waals surface area contributed by atoms with E-state index < -0.39 is 0 Å². The van der Waals surface area contributed by atoms with E-state index in [1.165, 1.54) is 64.2 Å². The van der Waals surface area contributed by atoms with Crippen LogP contribution in [0.15, 0.2) is 30.6 Å². The maximum atomic E-state index is 4.64. The molecule has 4 nitrogen and oxygen atoms in total. The van der Waals surface area contributed by atoms with Crippen LogP contribution in [-0.2, 0) is 0 Å². The number of hydrogen-bond acceptors (Lipinski definition) is 4. The first kappa shape index (κ1) is 20.3. The summed E-state index contributed by atoms with van der Waals surface area (Å²) in [5.74, 6) is 1.68. The van der Waals surface area contributed by atoms with E-state index >= 15 is 0 Å². The van der Waals surface area contributed by atoms with E-state index in [0.29, 0.717) is 0 Å². The van der Waals surface area contributed by atoms with Gasteiger partial charge in [-0.3, -0.25) is 4.98 Å². The van der Waals surface area contributed by atoms with Crippen molar-refractivity contribution < 1.29 is 0 Å². The number of unbranched alkanes of at least 4 members (excludes halogenated alkanes) is 9. The molecule has 2 aromatic heterocycles. The summed E-state index contributed by atoms with van der Waals surface area (Å²) in [5, 5.41) is 3.45. The number of nitrogens with one attached hydrogen (secondary N) is 1. The summed E-state index contributed by atoms with van der Waals surface area (Å²) in [5.41, 5.74) is 1.99. The summed E-state index contributed by atoms with van der Waals surface area (Å²) in [6.07, 6.45) is 17.2. The van der Waals surface area contributed by atoms with Gasteiger partial charge in [0.15, 0.2) is 5.82 Å². The van der Waals surface area contributed by atoms with Crippen molar-refractivity contribution in [2.75, 3.05) is 11.9 Å². The summed E-state index contributed by atoms with van der Waals surface area (Å²) in [6, 6.07) is 5.91. The minimum atomic E-state index is 0.762. The molecule has 0 atom stereocenters. The molecule has 2 heterocycles. The average molecular weight is 355 g/mol. The zero-order valence-electron chi connectivity index (χ0n) is 16.5. The fourth-order valence-electron chi connectivity index (χ4n) is 3.12. The summed E-state index contributed by atoms with van der Waals surface area (Å²) < 4.78 is 0. The summed E-state index contributed by atoms with van der Waals surface area (Å²) in [7, 11) is 0. The van der Waals surface area contributed by atoms with E-state index in [9.17, 15) is 0 Å². The lowest BCUT2D eigenvalue weighted by Crippen LogP contribution is -2.05. The van der Waals surface area contributed by atoms with Crippen molar-refractivity contribution in [3.8, 4) is 11.4 Å². The summed E-state index contributed by atoms with van der Waals surface area (Å²) in [4.78, 5) is 13.2. The first-order chi connectivity index (χ1) is 12.8. The Bertz CT molecular complexity index is 613. The minimum Gasteiger partial charge on any atom is -0.370 e. The van der Waals surface area contributed by atoms with Crippen molar-refractivity contribution in [1.29, 1.82) is 0 Å². The third kappa shape index (κ3) is 7.94. The molecular weight excluding hydrogens is 320 g/mol. The molecule has 0 saturated carbocycles. The molecular formula is C22H34N4. The molecule has 0 unspecified atom stereocenters. The first-order valence-corrected chi connectivity index (χ1v) is 10.3. The predicted octanol–water partition coefficient (Wildman–Crippen LogP) is 6.18. The molecule has 0 fully saturated rings. The van der Waals surface area contributed by atoms with Crippen molar-refractivity contribution in [2.45, 2.75) is 78.1 Å². The fraction of sp³-hybridized carbons (Fsp3) is 0.591. The zero-order valence-corrected chi connectivity index (χ0v) is 16.5. The maximum absolute atomic E-state index is 4.64. The summed E-state index contributed by atoms with van der Waals surface area (Å²) in [6.45, 7) is 5.26. The van der Waals surface area contributed by atoms with Crippen LogP contribution in [0.3, 0.4) is 0 Å². The van der Waals surface area contributed by atoms with Gasteiger partial charge in [-0.1, -0.05) is 64.7 Å². The highest BCUT2D eigenvalue weighted by Crippen LogP contribution is 2.17. The highest BCUT2D eigenvalue weighted by atomic mass is 15.0. The van der Waals surface area contributed by atoms with Gasteiger partial charge in [0.2, 0.25) is 0 Å². The molecule has 0 bridgehead atoms. The lowest BCUT2D eigenvalue weighted by Gasteiger charge is -2.09. The van der Waals surface area contributed by atoms with Crippen LogP contribution in [0, 0.1) is 6.92 Å². The standard InChI is InChI=1S/C22H34N4/c1-3-4-5-6-7-8-9-10-11-12-15-24-21-18-19(2)25-22(26-21)20-13-16-23-17-14-20/h13-14,16-18H,3-12,15H2,1-2H3,(H,24,25,26). The Labute approximate surface area is 158 Å². The molecule has 0 aliphatic rings. The van der Waals surface area contributed by atoms with Gasteiger partial charge in [-0.05, 0) is 25.5 Å². The SMILES string of the molecule is CCCCCCCCCCCCNc1cc(C)nc(-c2ccncc2)n1. The second-order valence-corrected chi connectivity index (χ2v) is 7.06. The van der Waals surface area contributed by atoms with Crippen LogP contribution in [-0.4, -0.2) is 21.5 Å². The number of hydrogen-bond donors (Lipinski definition) is 1. The molecule has 0 spiro atoms. The largest absolute Gasteiger partial charge is 0.370 e. The molecule has 0 amide bonds. The number of anilines is 1. The molecule has 0 aromatic carbocycles. The van der Waals surface area contributed by atoms with Crippen molar-refractivity contribution in [3.05, 3.63) is 36.3 Å². The zero-order chi connectivity index (χ0) is 18.5. The van der Waals surface area contributed by atoms with Crippen molar-refractivity contribution >= 4 is 5.82 Å². The number of aryl methyl sites for hydroxylation is 1. The Morgan fingerprint density at radius 2 is 1.42 bits per heavy atom. The Balaban J connectivity index is 1.62. The van der Waals surface area contributed by atoms with E-state index in [2.05, 4.69) is 27.2 Å². The van der Waals surface area contributed by atoms with E-state index in [0.717, 1.165) is 29.4 Å². The van der Waals surface area contributed by atoms with E-state index in [1.807, 2.05) is 25.1 Å². The second kappa shape index (κ2) is 12.4. The third-order valence-corrected chi connectivity index (χ3v) is 4.63. The van der Waals surface area contributed by atoms with Gasteiger partial charge < -0.3 is 5.32 Å². The molecule has 142 valence electrons. The Morgan fingerprint density at radius 3 is 2.08 bits per heavy atom. The Hall–Kier alpha value is -1.97. The van der Waals surface area contributed by atoms with Crippen molar-refractivity contribution in [3.63, 3.8) is 0 Å². The van der Waals surface area contributed by atoms with Crippen LogP contribution in [0.2, 0.25) is 0 Å². The van der Waals surface area contributed by atoms with Gasteiger partial charge in [-0.25, -0.2) is 9.97 Å². The van der Waals surface area contributed by atoms with Crippen LogP contribution >= 0.6 is 0 Å². The normalized spacial score (nSPS) is 10.8. The van der Waals surface area contributed by atoms with Crippen LogP contribution in [0.4, 0.5) is 5.82 Å². The molecule has 0 aliphatic heterocycles. The molecule has 2 rings (SSSR count). The van der Waals surface area contributed by atoms with Crippen LogP contribution in [0.5, 0.6) is 0 Å². The van der Waals surface area contributed by atoms with Crippen LogP contribution in [0.1, 0.15) is 76.8 Å². The molecule has 0 radical (unpaired) electrons. The van der Waals surface area contributed by atoms with Crippen molar-refractivity contribution in [2.24, 2.45) is 0 Å². The number of nitrogens with zero attached hydrogens (tertiary/aromatic N) is 3. The Kier molecular flexibility index (Phi) is 9.70. The van der Waals surface area contributed by atoms with Gasteiger partial charge in [-0.2, -0.15) is 0 Å². The smallest absolute Gasteiger partial charge is 0.161 e. The molecule has 2 aromatic rings. The lowest BCUT2D eigenvalue weighted by molar-refractivity contribution is 0.560. The average Bonchev–Trinajstić information content (AvgIpc) is 2.66. The highest BCUT2D eigenvalue weighted by Gasteiger charge is 2.04. The molecule has 26 heavy (non-hydrogen) atoms. The molecule has 1 N–H and O–H groups in total. The van der Waals surface area contributed by atoms with Crippen LogP contribution < -0.4 is 5.32 Å². The quantitative estimate of drug-likeness (QED) is 0.436. The van der Waals surface area contributed by atoms with Gasteiger partial charge in [0.1, 0.15) is 5.82 Å². The van der Waals surface area contributed by atoms with E-state index in [1.54, 1.807) is 12.4 Å². The van der Waals surface area contributed by atoms with Crippen molar-refractivity contribution in [1.82, 2.24) is 15.0 Å². The Morgan fingerprint density at radius 1 is 0.808 bits per heavy atom. The van der Waals surface area contributed by atoms with E-state index in [4.69, 9.17) is 0 Å². The van der Waals surface area contributed by atoms with Gasteiger partial charge in [0, 0.05) is 36.3 Å². The molecule has 0 saturated heterocycles. The monoisotopic (exact) mass is 354 g/mol. The van der Waals surface area contributed by atoms with Gasteiger partial charge in [0.25, 0.3) is 0 Å². The maximum Gasteiger partial charge on any atom is 0.161 e. The topological polar surface area (TPSA) is 50.7 Å². The third-order valence-electron chi connectivity index (χ3n) is 4.63. The predicted molar refractivity (Wildman–Crippen MR) is 110 cm³/mol. The first-order valence-electron chi connectivity index (χ1n) is 10.3. The van der Waals surface area contributed by atoms with Gasteiger partial charge >= 0.3 is 0 Å². The number of pyridine rings is 1. The number of aromatic nitrogens is 3. The second-order valence-electron chi connectivity index (χ2n) is 7.06. The van der Waals surface area contributed by atoms with Crippen LogP contribution in [0.25, 0.3) is 11.4 Å². The van der Waals surface area contributed by atoms with Gasteiger partial charge in [-0.15, -0.1) is 0 Å². The van der Waals surface area contributed by atoms with Gasteiger partial charge in [0.05, 0.1) is 0 Å². The lowest BCUT2D eigenvalue weighted by atomic mass is 10.1. The highest BCUT2D eigenvalue weighted by molar-refractivity contribution is 5.56. The molecule has 4 heteroatoms. The summed E-state index contributed by atoms with van der Waals surface area (Å²) >= 11 is 0. The number of rotatable bonds is 13.